The average molecular weight is 253 g/mol. The van der Waals surface area contributed by atoms with Crippen molar-refractivity contribution in [2.75, 3.05) is 6.54 Å². The molecule has 0 amide bonds. The van der Waals surface area contributed by atoms with Gasteiger partial charge in [-0.2, -0.15) is 0 Å². The fraction of sp³-hybridized carbons (Fsp3) is 0.615. The van der Waals surface area contributed by atoms with Crippen molar-refractivity contribution >= 4 is 5.78 Å². The summed E-state index contributed by atoms with van der Waals surface area (Å²) >= 11 is 0. The van der Waals surface area contributed by atoms with E-state index in [1.54, 1.807) is 0 Å². The van der Waals surface area contributed by atoms with Crippen LogP contribution in [0.5, 0.6) is 0 Å². The molecular formula is C13H19NO4. The van der Waals surface area contributed by atoms with E-state index in [0.717, 1.165) is 12.8 Å². The highest BCUT2D eigenvalue weighted by Gasteiger charge is 2.31. The standard InChI is InChI=1S/C13H19NO4/c15-10-6-5-9(12(17)13(10)18)11(16)7-14-8-3-1-2-4-8/h5-6,8-9,11,14-16,18H,1-4,7H2/t9?,11-/m1/s1. The van der Waals surface area contributed by atoms with Gasteiger partial charge in [0, 0.05) is 12.6 Å². The molecule has 1 saturated carbocycles. The van der Waals surface area contributed by atoms with Crippen LogP contribution >= 0.6 is 0 Å². The topological polar surface area (TPSA) is 89.8 Å². The third-order valence-corrected chi connectivity index (χ3v) is 3.63. The first-order chi connectivity index (χ1) is 8.59. The van der Waals surface area contributed by atoms with Gasteiger partial charge in [-0.15, -0.1) is 0 Å². The summed E-state index contributed by atoms with van der Waals surface area (Å²) in [4.78, 5) is 11.7. The Morgan fingerprint density at radius 3 is 2.67 bits per heavy atom. The summed E-state index contributed by atoms with van der Waals surface area (Å²) in [5, 5.41) is 31.7. The average Bonchev–Trinajstić information content (AvgIpc) is 2.86. The molecule has 0 aromatic rings. The molecule has 5 nitrogen and oxygen atoms in total. The normalized spacial score (nSPS) is 26.9. The van der Waals surface area contributed by atoms with Crippen LogP contribution in [-0.2, 0) is 4.79 Å². The first-order valence-corrected chi connectivity index (χ1v) is 6.35. The summed E-state index contributed by atoms with van der Waals surface area (Å²) in [5.74, 6) is -2.51. The first kappa shape index (κ1) is 13.1. The van der Waals surface area contributed by atoms with Gasteiger partial charge in [0.25, 0.3) is 0 Å². The molecule has 0 saturated heterocycles. The molecule has 2 aliphatic rings. The number of aliphatic hydroxyl groups is 3. The van der Waals surface area contributed by atoms with Crippen LogP contribution in [-0.4, -0.2) is 39.8 Å². The predicted molar refractivity (Wildman–Crippen MR) is 66.2 cm³/mol. The number of rotatable bonds is 4. The molecule has 4 N–H and O–H groups in total. The molecule has 0 heterocycles. The summed E-state index contributed by atoms with van der Waals surface area (Å²) < 4.78 is 0. The van der Waals surface area contributed by atoms with E-state index in [-0.39, 0.29) is 0 Å². The van der Waals surface area contributed by atoms with E-state index >= 15 is 0 Å². The molecular weight excluding hydrogens is 234 g/mol. The van der Waals surface area contributed by atoms with Crippen molar-refractivity contribution in [1.82, 2.24) is 5.32 Å². The molecule has 18 heavy (non-hydrogen) atoms. The summed E-state index contributed by atoms with van der Waals surface area (Å²) in [6, 6.07) is 0.417. The van der Waals surface area contributed by atoms with Crippen LogP contribution in [0.2, 0.25) is 0 Å². The molecule has 5 heteroatoms. The van der Waals surface area contributed by atoms with Gasteiger partial charge in [-0.25, -0.2) is 0 Å². The van der Waals surface area contributed by atoms with Crippen LogP contribution < -0.4 is 5.32 Å². The molecule has 0 aliphatic heterocycles. The van der Waals surface area contributed by atoms with Gasteiger partial charge in [-0.05, 0) is 18.9 Å². The Morgan fingerprint density at radius 2 is 2.00 bits per heavy atom. The maximum Gasteiger partial charge on any atom is 0.210 e. The van der Waals surface area contributed by atoms with Crippen molar-refractivity contribution in [2.24, 2.45) is 5.92 Å². The highest BCUT2D eigenvalue weighted by Crippen LogP contribution is 2.21. The first-order valence-electron chi connectivity index (χ1n) is 6.35. The quantitative estimate of drug-likeness (QED) is 0.599. The summed E-state index contributed by atoms with van der Waals surface area (Å²) in [6.07, 6.45) is 6.41. The van der Waals surface area contributed by atoms with Gasteiger partial charge in [0.1, 0.15) is 0 Å². The number of nitrogens with one attached hydrogen (secondary N) is 1. The monoisotopic (exact) mass is 253 g/mol. The van der Waals surface area contributed by atoms with Crippen LogP contribution in [0, 0.1) is 5.92 Å². The number of aliphatic hydroxyl groups excluding tert-OH is 3. The van der Waals surface area contributed by atoms with Gasteiger partial charge < -0.3 is 20.6 Å². The summed E-state index contributed by atoms with van der Waals surface area (Å²) in [6.45, 7) is 0.319. The maximum absolute atomic E-state index is 11.7. The second kappa shape index (κ2) is 5.54. The van der Waals surface area contributed by atoms with Gasteiger partial charge in [0.15, 0.2) is 5.76 Å². The van der Waals surface area contributed by atoms with E-state index in [1.807, 2.05) is 0 Å². The van der Waals surface area contributed by atoms with Crippen molar-refractivity contribution < 1.29 is 20.1 Å². The van der Waals surface area contributed by atoms with E-state index in [0.29, 0.717) is 12.6 Å². The largest absolute Gasteiger partial charge is 0.504 e. The predicted octanol–water partition coefficient (Wildman–Crippen LogP) is 0.962. The number of Topliss-reactive ketones (excluding diaryl/α,β-unsaturated/α-hetero) is 1. The maximum atomic E-state index is 11.7. The van der Waals surface area contributed by atoms with Gasteiger partial charge in [0.2, 0.25) is 11.5 Å². The summed E-state index contributed by atoms with van der Waals surface area (Å²) in [7, 11) is 0. The molecule has 2 aliphatic carbocycles. The zero-order valence-corrected chi connectivity index (χ0v) is 10.2. The molecule has 1 unspecified atom stereocenters. The van der Waals surface area contributed by atoms with Gasteiger partial charge in [-0.1, -0.05) is 18.9 Å². The molecule has 2 atom stereocenters. The molecule has 0 radical (unpaired) electrons. The van der Waals surface area contributed by atoms with Crippen LogP contribution in [0.15, 0.2) is 23.7 Å². The Bertz CT molecular complexity index is 382. The van der Waals surface area contributed by atoms with E-state index in [4.69, 9.17) is 0 Å². The van der Waals surface area contributed by atoms with Crippen LogP contribution in [0.3, 0.4) is 0 Å². The van der Waals surface area contributed by atoms with Crippen molar-refractivity contribution in [3.05, 3.63) is 23.7 Å². The lowest BCUT2D eigenvalue weighted by Crippen LogP contribution is -2.40. The Balaban J connectivity index is 1.88. The SMILES string of the molecule is O=C1C(O)=C(O)C=CC1[C@H](O)CNC1CCCC1. The third kappa shape index (κ3) is 2.73. The smallest absolute Gasteiger partial charge is 0.210 e. The molecule has 0 aromatic heterocycles. The number of ketones is 1. The lowest BCUT2D eigenvalue weighted by Gasteiger charge is -2.23. The highest BCUT2D eigenvalue weighted by atomic mass is 16.3. The molecule has 2 rings (SSSR count). The van der Waals surface area contributed by atoms with Gasteiger partial charge >= 0.3 is 0 Å². The molecule has 1 fully saturated rings. The van der Waals surface area contributed by atoms with Crippen molar-refractivity contribution in [3.8, 4) is 0 Å². The van der Waals surface area contributed by atoms with E-state index in [9.17, 15) is 20.1 Å². The number of hydrogen-bond donors (Lipinski definition) is 4. The second-order valence-electron chi connectivity index (χ2n) is 4.94. The van der Waals surface area contributed by atoms with E-state index in [1.165, 1.54) is 25.0 Å². The minimum absolute atomic E-state index is 0.319. The number of carbonyl (C=O) groups excluding carboxylic acids is 1. The van der Waals surface area contributed by atoms with Gasteiger partial charge in [-0.3, -0.25) is 4.79 Å². The fourth-order valence-corrected chi connectivity index (χ4v) is 2.49. The van der Waals surface area contributed by atoms with Crippen molar-refractivity contribution in [1.29, 1.82) is 0 Å². The lowest BCUT2D eigenvalue weighted by molar-refractivity contribution is -0.123. The van der Waals surface area contributed by atoms with Crippen LogP contribution in [0.4, 0.5) is 0 Å². The van der Waals surface area contributed by atoms with Crippen LogP contribution in [0.25, 0.3) is 0 Å². The molecule has 0 spiro atoms. The molecule has 100 valence electrons. The number of hydrogen-bond acceptors (Lipinski definition) is 5. The Hall–Kier alpha value is -1.33. The minimum atomic E-state index is -0.885. The zero-order chi connectivity index (χ0) is 13.1. The van der Waals surface area contributed by atoms with E-state index in [2.05, 4.69) is 5.32 Å². The number of carbonyl (C=O) groups is 1. The Labute approximate surface area is 106 Å². The Morgan fingerprint density at radius 1 is 1.33 bits per heavy atom. The zero-order valence-electron chi connectivity index (χ0n) is 10.2. The summed E-state index contributed by atoms with van der Waals surface area (Å²) in [5.41, 5.74) is 0. The third-order valence-electron chi connectivity index (χ3n) is 3.63. The molecule has 0 bridgehead atoms. The lowest BCUT2D eigenvalue weighted by atomic mass is 9.91. The van der Waals surface area contributed by atoms with Crippen molar-refractivity contribution in [3.63, 3.8) is 0 Å². The highest BCUT2D eigenvalue weighted by molar-refractivity contribution is 5.98. The minimum Gasteiger partial charge on any atom is -0.504 e. The number of allylic oxidation sites excluding steroid dienone is 2. The fourth-order valence-electron chi connectivity index (χ4n) is 2.49. The van der Waals surface area contributed by atoms with Crippen LogP contribution in [0.1, 0.15) is 25.7 Å². The second-order valence-corrected chi connectivity index (χ2v) is 4.94. The van der Waals surface area contributed by atoms with Crippen molar-refractivity contribution in [2.45, 2.75) is 37.8 Å². The Kier molecular flexibility index (Phi) is 4.04. The molecule has 0 aromatic carbocycles. The van der Waals surface area contributed by atoms with E-state index < -0.39 is 29.3 Å². The van der Waals surface area contributed by atoms with Gasteiger partial charge in [0.05, 0.1) is 12.0 Å².